The van der Waals surface area contributed by atoms with Gasteiger partial charge in [-0.05, 0) is 19.1 Å². The van der Waals surface area contributed by atoms with Gasteiger partial charge in [0.2, 0.25) is 0 Å². The maximum absolute atomic E-state index is 5.19. The van der Waals surface area contributed by atoms with E-state index in [1.165, 1.54) is 5.52 Å². The van der Waals surface area contributed by atoms with E-state index >= 15 is 0 Å². The first kappa shape index (κ1) is 13.5. The van der Waals surface area contributed by atoms with Gasteiger partial charge in [0.15, 0.2) is 0 Å². The van der Waals surface area contributed by atoms with E-state index in [1.54, 1.807) is 0 Å². The van der Waals surface area contributed by atoms with Crippen molar-refractivity contribution in [3.8, 4) is 0 Å². The predicted octanol–water partition coefficient (Wildman–Crippen LogP) is 2.94. The molecule has 6 heteroatoms. The summed E-state index contributed by atoms with van der Waals surface area (Å²) >= 11 is 5.19. The highest BCUT2D eigenvalue weighted by Gasteiger charge is 2.32. The van der Waals surface area contributed by atoms with Crippen LogP contribution in [0.25, 0.3) is 11.0 Å². The van der Waals surface area contributed by atoms with E-state index < -0.39 is 0 Å². The van der Waals surface area contributed by atoms with Gasteiger partial charge < -0.3 is 14.5 Å². The highest BCUT2D eigenvalue weighted by Crippen LogP contribution is 2.31. The van der Waals surface area contributed by atoms with Crippen molar-refractivity contribution >= 4 is 29.1 Å². The van der Waals surface area contributed by atoms with Crippen molar-refractivity contribution in [2.45, 2.75) is 12.8 Å². The summed E-state index contributed by atoms with van der Waals surface area (Å²) in [5, 5.41) is 0. The monoisotopic (exact) mass is 311 g/mol. The van der Waals surface area contributed by atoms with E-state index in [0.29, 0.717) is 10.6 Å². The second-order valence-electron chi connectivity index (χ2n) is 5.81. The van der Waals surface area contributed by atoms with Crippen LogP contribution in [0.2, 0.25) is 0 Å². The van der Waals surface area contributed by atoms with Crippen LogP contribution in [0.5, 0.6) is 0 Å². The number of H-pyrrole nitrogens is 1. The smallest absolute Gasteiger partial charge is 0.131 e. The fourth-order valence-electron chi connectivity index (χ4n) is 3.10. The molecule has 4 rings (SSSR count). The minimum Gasteiger partial charge on any atom is -0.356 e. The van der Waals surface area contributed by atoms with Crippen LogP contribution in [0.15, 0.2) is 30.3 Å². The van der Waals surface area contributed by atoms with E-state index in [4.69, 9.17) is 17.2 Å². The Morgan fingerprint density at radius 2 is 2.00 bits per heavy atom. The number of anilines is 1. The highest BCUT2D eigenvalue weighted by molar-refractivity contribution is 7.71. The molecule has 0 aliphatic carbocycles. The summed E-state index contributed by atoms with van der Waals surface area (Å²) < 4.78 is 2.84. The van der Waals surface area contributed by atoms with Gasteiger partial charge in [-0.1, -0.05) is 24.4 Å². The lowest BCUT2D eigenvalue weighted by Gasteiger charge is -2.40. The molecule has 22 heavy (non-hydrogen) atoms. The maximum Gasteiger partial charge on any atom is 0.131 e. The van der Waals surface area contributed by atoms with Crippen molar-refractivity contribution in [1.82, 2.24) is 19.5 Å². The third kappa shape index (κ3) is 2.11. The number of rotatable bonds is 2. The van der Waals surface area contributed by atoms with Crippen LogP contribution in [-0.4, -0.2) is 32.6 Å². The Bertz CT molecular complexity index is 904. The zero-order chi connectivity index (χ0) is 15.3. The molecule has 3 aromatic rings. The van der Waals surface area contributed by atoms with Crippen LogP contribution in [0, 0.1) is 11.6 Å². The molecule has 0 spiro atoms. The average Bonchev–Trinajstić information content (AvgIpc) is 2.74. The van der Waals surface area contributed by atoms with Crippen molar-refractivity contribution < 1.29 is 0 Å². The van der Waals surface area contributed by atoms with Crippen LogP contribution in [0.3, 0.4) is 0 Å². The summed E-state index contributed by atoms with van der Waals surface area (Å²) in [6.45, 7) is 3.83. The fraction of sp³-hybridized carbons (Fsp3) is 0.312. The summed E-state index contributed by atoms with van der Waals surface area (Å²) in [7, 11) is 2.09. The zero-order valence-electron chi connectivity index (χ0n) is 12.6. The first-order valence-corrected chi connectivity index (χ1v) is 7.77. The first-order chi connectivity index (χ1) is 10.6. The Labute approximate surface area is 133 Å². The van der Waals surface area contributed by atoms with Gasteiger partial charge in [-0.25, -0.2) is 9.97 Å². The van der Waals surface area contributed by atoms with Gasteiger partial charge in [0.25, 0.3) is 0 Å². The molecule has 1 N–H and O–H groups in total. The van der Waals surface area contributed by atoms with Gasteiger partial charge >= 0.3 is 0 Å². The second kappa shape index (κ2) is 4.91. The molecule has 5 nitrogen and oxygen atoms in total. The number of hydrogen-bond donors (Lipinski definition) is 1. The summed E-state index contributed by atoms with van der Waals surface area (Å²) in [6.07, 6.45) is 0. The number of hydrogen-bond acceptors (Lipinski definition) is 4. The Hall–Kier alpha value is -2.21. The Morgan fingerprint density at radius 3 is 2.73 bits per heavy atom. The molecule has 0 unspecified atom stereocenters. The Balaban J connectivity index is 1.59. The largest absolute Gasteiger partial charge is 0.356 e. The number of nitrogens with zero attached hydrogens (tertiary/aromatic N) is 4. The van der Waals surface area contributed by atoms with Gasteiger partial charge in [-0.3, -0.25) is 0 Å². The highest BCUT2D eigenvalue weighted by atomic mass is 32.1. The number of benzene rings is 1. The molecular weight excluding hydrogens is 294 g/mol. The van der Waals surface area contributed by atoms with Crippen molar-refractivity contribution in [2.24, 2.45) is 7.05 Å². The van der Waals surface area contributed by atoms with Gasteiger partial charge in [0.05, 0.1) is 17.0 Å². The molecule has 112 valence electrons. The molecule has 3 heterocycles. The van der Waals surface area contributed by atoms with Crippen LogP contribution < -0.4 is 4.90 Å². The van der Waals surface area contributed by atoms with Crippen molar-refractivity contribution in [1.29, 1.82) is 0 Å². The zero-order valence-corrected chi connectivity index (χ0v) is 13.4. The van der Waals surface area contributed by atoms with Gasteiger partial charge in [0, 0.05) is 26.2 Å². The van der Waals surface area contributed by atoms with E-state index in [9.17, 15) is 0 Å². The van der Waals surface area contributed by atoms with E-state index in [2.05, 4.69) is 44.7 Å². The number of aryl methyl sites for hydroxylation is 2. The van der Waals surface area contributed by atoms with Crippen molar-refractivity contribution in [2.75, 3.05) is 18.0 Å². The number of nitrogens with one attached hydrogen (secondary N) is 1. The van der Waals surface area contributed by atoms with E-state index in [0.717, 1.165) is 36.1 Å². The summed E-state index contributed by atoms with van der Waals surface area (Å²) in [5.41, 5.74) is 2.26. The summed E-state index contributed by atoms with van der Waals surface area (Å²) in [5.74, 6) is 3.51. The summed E-state index contributed by atoms with van der Waals surface area (Å²) in [6, 6.07) is 10.2. The lowest BCUT2D eigenvalue weighted by Crippen LogP contribution is -2.46. The lowest BCUT2D eigenvalue weighted by molar-refractivity contribution is 0.485. The molecule has 0 bridgehead atoms. The first-order valence-electron chi connectivity index (χ1n) is 7.36. The molecule has 1 saturated heterocycles. The minimum atomic E-state index is 0.452. The molecule has 0 atom stereocenters. The molecular formula is C16H17N5S. The molecule has 1 aliphatic heterocycles. The second-order valence-corrected chi connectivity index (χ2v) is 6.23. The Morgan fingerprint density at radius 1 is 1.23 bits per heavy atom. The third-order valence-corrected chi connectivity index (χ3v) is 4.47. The van der Waals surface area contributed by atoms with Crippen LogP contribution in [-0.2, 0) is 7.05 Å². The average molecular weight is 311 g/mol. The molecule has 1 aromatic carbocycles. The predicted molar refractivity (Wildman–Crippen MR) is 89.8 cm³/mol. The lowest BCUT2D eigenvalue weighted by atomic mass is 9.99. The Kier molecular flexibility index (Phi) is 3.00. The van der Waals surface area contributed by atoms with Crippen molar-refractivity contribution in [3.05, 3.63) is 46.6 Å². The van der Waals surface area contributed by atoms with Gasteiger partial charge in [-0.15, -0.1) is 0 Å². The number of imidazole rings is 1. The van der Waals surface area contributed by atoms with Gasteiger partial charge in [0.1, 0.15) is 22.1 Å². The van der Waals surface area contributed by atoms with E-state index in [-0.39, 0.29) is 0 Å². The molecule has 0 amide bonds. The quantitative estimate of drug-likeness (QED) is 0.739. The number of para-hydroxylation sites is 2. The van der Waals surface area contributed by atoms with Crippen LogP contribution in [0.4, 0.5) is 5.82 Å². The SMILES string of the molecule is Cc1nc(=S)cc(N2CC(c3nc4ccccc4n3C)C2)[nH]1. The molecule has 0 saturated carbocycles. The molecule has 1 aliphatic rings. The van der Waals surface area contributed by atoms with Crippen molar-refractivity contribution in [3.63, 3.8) is 0 Å². The molecule has 2 aromatic heterocycles. The normalized spacial score (nSPS) is 15.3. The third-order valence-electron chi connectivity index (χ3n) is 4.26. The molecule has 0 radical (unpaired) electrons. The van der Waals surface area contributed by atoms with Crippen LogP contribution in [0.1, 0.15) is 17.6 Å². The fourth-order valence-corrected chi connectivity index (χ4v) is 3.35. The van der Waals surface area contributed by atoms with Gasteiger partial charge in [-0.2, -0.15) is 0 Å². The minimum absolute atomic E-state index is 0.452. The number of fused-ring (bicyclic) bond motifs is 1. The maximum atomic E-state index is 5.19. The van der Waals surface area contributed by atoms with E-state index in [1.807, 2.05) is 19.1 Å². The number of aromatic nitrogens is 4. The number of aromatic amines is 1. The molecule has 1 fully saturated rings. The topological polar surface area (TPSA) is 49.7 Å². The van der Waals surface area contributed by atoms with Crippen LogP contribution >= 0.6 is 12.2 Å². The standard InChI is InChI=1S/C16H17N5S/c1-10-17-14(7-15(22)18-10)21-8-11(9-21)16-19-12-5-3-4-6-13(12)20(16)2/h3-7,11H,8-9H2,1-2H3,(H,17,18,22). The summed E-state index contributed by atoms with van der Waals surface area (Å²) in [4.78, 5) is 14.6.